The van der Waals surface area contributed by atoms with Gasteiger partial charge in [0.15, 0.2) is 5.96 Å². The van der Waals surface area contributed by atoms with Crippen molar-refractivity contribution in [1.82, 2.24) is 10.6 Å². The van der Waals surface area contributed by atoms with Gasteiger partial charge in [-0.1, -0.05) is 31.0 Å². The number of nitrogens with zero attached hydrogens (tertiary/aromatic N) is 1. The zero-order valence-corrected chi connectivity index (χ0v) is 18.6. The number of aliphatic hydroxyl groups excluding tert-OH is 1. The van der Waals surface area contributed by atoms with Crippen molar-refractivity contribution in [2.45, 2.75) is 51.5 Å². The van der Waals surface area contributed by atoms with Crippen LogP contribution in [0.2, 0.25) is 5.02 Å². The van der Waals surface area contributed by atoms with Crippen LogP contribution in [0.4, 0.5) is 4.39 Å². The summed E-state index contributed by atoms with van der Waals surface area (Å²) in [7, 11) is 0. The first-order valence-electron chi connectivity index (χ1n) is 9.20. The highest BCUT2D eigenvalue weighted by atomic mass is 127. The van der Waals surface area contributed by atoms with Gasteiger partial charge in [0.05, 0.1) is 0 Å². The van der Waals surface area contributed by atoms with E-state index in [1.54, 1.807) is 12.1 Å². The van der Waals surface area contributed by atoms with E-state index in [0.29, 0.717) is 23.0 Å². The van der Waals surface area contributed by atoms with Gasteiger partial charge in [0, 0.05) is 42.2 Å². The fourth-order valence-electron chi connectivity index (χ4n) is 3.17. The molecule has 4 nitrogen and oxygen atoms in total. The summed E-state index contributed by atoms with van der Waals surface area (Å²) in [6, 6.07) is 4.97. The predicted octanol–water partition coefficient (Wildman–Crippen LogP) is 4.31. The Morgan fingerprint density at radius 3 is 2.77 bits per heavy atom. The van der Waals surface area contributed by atoms with E-state index in [1.807, 2.05) is 6.92 Å². The highest BCUT2D eigenvalue weighted by Crippen LogP contribution is 2.44. The van der Waals surface area contributed by atoms with Crippen LogP contribution in [0.25, 0.3) is 0 Å². The third kappa shape index (κ3) is 6.85. The molecule has 0 amide bonds. The molecular weight excluding hydrogens is 468 g/mol. The van der Waals surface area contributed by atoms with Crippen LogP contribution in [0.15, 0.2) is 23.2 Å². The molecule has 0 aliphatic heterocycles. The summed E-state index contributed by atoms with van der Waals surface area (Å²) in [6.45, 7) is 5.81. The normalized spacial score (nSPS) is 20.3. The average molecular weight is 498 g/mol. The van der Waals surface area contributed by atoms with E-state index in [0.717, 1.165) is 38.2 Å². The zero-order valence-electron chi connectivity index (χ0n) is 15.5. The molecule has 1 aromatic rings. The largest absolute Gasteiger partial charge is 0.396 e. The molecule has 1 aliphatic carbocycles. The first kappa shape index (κ1) is 23.4. The molecule has 26 heavy (non-hydrogen) atoms. The molecule has 3 N–H and O–H groups in total. The highest BCUT2D eigenvalue weighted by Gasteiger charge is 2.41. The first-order valence-corrected chi connectivity index (χ1v) is 9.58. The molecule has 1 fully saturated rings. The second-order valence-corrected chi connectivity index (χ2v) is 7.02. The summed E-state index contributed by atoms with van der Waals surface area (Å²) in [4.78, 5) is 4.66. The first-order chi connectivity index (χ1) is 12.1. The van der Waals surface area contributed by atoms with Crippen LogP contribution in [0, 0.1) is 11.7 Å². The van der Waals surface area contributed by atoms with Crippen LogP contribution in [-0.4, -0.2) is 36.8 Å². The van der Waals surface area contributed by atoms with Crippen LogP contribution in [0.1, 0.15) is 51.0 Å². The topological polar surface area (TPSA) is 56.7 Å². The lowest BCUT2D eigenvalue weighted by molar-refractivity contribution is 0.253. The summed E-state index contributed by atoms with van der Waals surface area (Å²) in [5, 5.41) is 16.3. The van der Waals surface area contributed by atoms with E-state index >= 15 is 0 Å². The summed E-state index contributed by atoms with van der Waals surface area (Å²) >= 11 is 6.16. The SMILES string of the molecule is CCCC(CCO)CN=C(NCC)NC1CC1c1c(F)cccc1Cl.I. The lowest BCUT2D eigenvalue weighted by Crippen LogP contribution is -2.39. The van der Waals surface area contributed by atoms with Crippen molar-refractivity contribution in [2.75, 3.05) is 19.7 Å². The van der Waals surface area contributed by atoms with Gasteiger partial charge < -0.3 is 15.7 Å². The molecule has 148 valence electrons. The summed E-state index contributed by atoms with van der Waals surface area (Å²) < 4.78 is 14.0. The van der Waals surface area contributed by atoms with E-state index in [1.165, 1.54) is 6.07 Å². The monoisotopic (exact) mass is 497 g/mol. The fraction of sp³-hybridized carbons (Fsp3) is 0.632. The standard InChI is InChI=1S/C19H29ClFN3O.HI/c1-3-6-13(9-10-25)12-23-19(22-4-2)24-17-11-14(17)18-15(20)7-5-8-16(18)21;/h5,7-8,13-14,17,25H,3-4,6,9-12H2,1-2H3,(H2,22,23,24);1H. The fourth-order valence-corrected chi connectivity index (χ4v) is 3.48. The minimum Gasteiger partial charge on any atom is -0.396 e. The van der Waals surface area contributed by atoms with Crippen molar-refractivity contribution in [3.8, 4) is 0 Å². The predicted molar refractivity (Wildman–Crippen MR) is 117 cm³/mol. The van der Waals surface area contributed by atoms with Crippen molar-refractivity contribution in [3.63, 3.8) is 0 Å². The Morgan fingerprint density at radius 1 is 1.38 bits per heavy atom. The quantitative estimate of drug-likeness (QED) is 0.271. The molecule has 0 spiro atoms. The van der Waals surface area contributed by atoms with E-state index in [2.05, 4.69) is 22.5 Å². The summed E-state index contributed by atoms with van der Waals surface area (Å²) in [6.07, 6.45) is 3.76. The van der Waals surface area contributed by atoms with Crippen LogP contribution in [0.5, 0.6) is 0 Å². The summed E-state index contributed by atoms with van der Waals surface area (Å²) in [5.41, 5.74) is 0.599. The molecule has 3 atom stereocenters. The Bertz CT molecular complexity index is 562. The van der Waals surface area contributed by atoms with Gasteiger partial charge in [0.2, 0.25) is 0 Å². The van der Waals surface area contributed by atoms with Gasteiger partial charge in [-0.05, 0) is 44.2 Å². The maximum absolute atomic E-state index is 14.0. The second kappa shape index (κ2) is 12.0. The third-order valence-corrected chi connectivity index (χ3v) is 4.90. The maximum Gasteiger partial charge on any atom is 0.191 e. The lowest BCUT2D eigenvalue weighted by Gasteiger charge is -2.15. The Morgan fingerprint density at radius 2 is 2.15 bits per heavy atom. The van der Waals surface area contributed by atoms with Gasteiger partial charge in [-0.15, -0.1) is 24.0 Å². The van der Waals surface area contributed by atoms with Gasteiger partial charge in [-0.2, -0.15) is 0 Å². The number of aliphatic hydroxyl groups is 1. The van der Waals surface area contributed by atoms with Crippen molar-refractivity contribution in [1.29, 1.82) is 0 Å². The molecule has 1 saturated carbocycles. The van der Waals surface area contributed by atoms with Gasteiger partial charge in [-0.25, -0.2) is 4.39 Å². The average Bonchev–Trinajstić information content (AvgIpc) is 3.31. The molecule has 3 unspecified atom stereocenters. The Hall–Kier alpha value is -0.600. The third-order valence-electron chi connectivity index (χ3n) is 4.57. The van der Waals surface area contributed by atoms with E-state index in [9.17, 15) is 9.50 Å². The number of aliphatic imine (C=N–C) groups is 1. The summed E-state index contributed by atoms with van der Waals surface area (Å²) in [5.74, 6) is 0.985. The lowest BCUT2D eigenvalue weighted by atomic mass is 10.0. The van der Waals surface area contributed by atoms with Gasteiger partial charge >= 0.3 is 0 Å². The smallest absolute Gasteiger partial charge is 0.191 e. The van der Waals surface area contributed by atoms with Crippen molar-refractivity contribution in [2.24, 2.45) is 10.9 Å². The van der Waals surface area contributed by atoms with Gasteiger partial charge in [0.25, 0.3) is 0 Å². The number of rotatable bonds is 9. The molecule has 2 rings (SSSR count). The number of hydrogen-bond donors (Lipinski definition) is 3. The molecule has 0 saturated heterocycles. The molecule has 1 aliphatic rings. The number of hydrogen-bond acceptors (Lipinski definition) is 2. The van der Waals surface area contributed by atoms with Crippen LogP contribution < -0.4 is 10.6 Å². The van der Waals surface area contributed by atoms with E-state index in [4.69, 9.17) is 11.6 Å². The van der Waals surface area contributed by atoms with E-state index < -0.39 is 0 Å². The highest BCUT2D eigenvalue weighted by molar-refractivity contribution is 14.0. The maximum atomic E-state index is 14.0. The number of guanidine groups is 1. The molecule has 7 heteroatoms. The van der Waals surface area contributed by atoms with Crippen molar-refractivity contribution in [3.05, 3.63) is 34.6 Å². The Balaban J connectivity index is 0.00000338. The molecule has 0 radical (unpaired) electrons. The minimum absolute atomic E-state index is 0. The number of halogens is 3. The van der Waals surface area contributed by atoms with E-state index in [-0.39, 0.29) is 48.4 Å². The number of benzene rings is 1. The van der Waals surface area contributed by atoms with Crippen LogP contribution >= 0.6 is 35.6 Å². The molecular formula is C19H30ClFIN3O. The van der Waals surface area contributed by atoms with Crippen LogP contribution in [0.3, 0.4) is 0 Å². The van der Waals surface area contributed by atoms with Gasteiger partial charge in [0.1, 0.15) is 5.82 Å². The van der Waals surface area contributed by atoms with Crippen LogP contribution in [-0.2, 0) is 0 Å². The minimum atomic E-state index is -0.241. The molecule has 0 heterocycles. The van der Waals surface area contributed by atoms with Crippen molar-refractivity contribution >= 4 is 41.5 Å². The Kier molecular flexibility index (Phi) is 10.8. The molecule has 0 bridgehead atoms. The second-order valence-electron chi connectivity index (χ2n) is 6.61. The molecule has 0 aromatic heterocycles. The zero-order chi connectivity index (χ0) is 18.2. The Labute approximate surface area is 178 Å². The van der Waals surface area contributed by atoms with Gasteiger partial charge in [-0.3, -0.25) is 4.99 Å². The number of nitrogens with one attached hydrogen (secondary N) is 2. The van der Waals surface area contributed by atoms with Crippen molar-refractivity contribution < 1.29 is 9.50 Å². The molecule has 1 aromatic carbocycles.